The Kier molecular flexibility index (Phi) is 6.35. The lowest BCUT2D eigenvalue weighted by molar-refractivity contribution is -0.120. The van der Waals surface area contributed by atoms with Crippen LogP contribution in [0.25, 0.3) is 0 Å². The summed E-state index contributed by atoms with van der Waals surface area (Å²) in [4.78, 5) is 30.6. The largest absolute Gasteiger partial charge is 0.360 e. The second kappa shape index (κ2) is 9.32. The van der Waals surface area contributed by atoms with Crippen LogP contribution < -0.4 is 15.5 Å². The molecule has 1 saturated heterocycles. The molecule has 4 rings (SSSR count). The molecule has 30 heavy (non-hydrogen) atoms. The number of hydrogen-bond acceptors (Lipinski definition) is 6. The molecule has 2 N–H and O–H groups in total. The maximum absolute atomic E-state index is 12.5. The van der Waals surface area contributed by atoms with Gasteiger partial charge in [-0.1, -0.05) is 23.9 Å². The molecule has 154 valence electrons. The zero-order valence-corrected chi connectivity index (χ0v) is 18.2. The predicted molar refractivity (Wildman–Crippen MR) is 122 cm³/mol. The first-order chi connectivity index (χ1) is 14.6. The van der Waals surface area contributed by atoms with Crippen LogP contribution in [0.2, 0.25) is 0 Å². The number of benzene rings is 2. The van der Waals surface area contributed by atoms with E-state index in [4.69, 9.17) is 0 Å². The first-order valence-corrected chi connectivity index (χ1v) is 11.5. The van der Waals surface area contributed by atoms with Crippen molar-refractivity contribution in [1.29, 1.82) is 0 Å². The molecule has 2 heterocycles. The third-order valence-electron chi connectivity index (χ3n) is 4.71. The van der Waals surface area contributed by atoms with Crippen molar-refractivity contribution in [3.8, 4) is 0 Å². The number of anilines is 2. The molecule has 6 nitrogen and oxygen atoms in total. The first kappa shape index (κ1) is 20.4. The van der Waals surface area contributed by atoms with E-state index in [1.54, 1.807) is 23.1 Å². The molecule has 3 aromatic rings. The number of amides is 2. The number of carbonyl (C=O) groups excluding carboxylic acids is 2. The van der Waals surface area contributed by atoms with Crippen molar-refractivity contribution < 1.29 is 9.59 Å². The fourth-order valence-corrected chi connectivity index (χ4v) is 4.92. The second-order valence-corrected chi connectivity index (χ2v) is 9.09. The Balaban J connectivity index is 1.32. The Labute approximate surface area is 183 Å². The van der Waals surface area contributed by atoms with Gasteiger partial charge in [0.2, 0.25) is 5.91 Å². The van der Waals surface area contributed by atoms with E-state index in [2.05, 4.69) is 15.6 Å². The molecule has 2 amide bonds. The summed E-state index contributed by atoms with van der Waals surface area (Å²) in [6, 6.07) is 15.2. The maximum Gasteiger partial charge on any atom is 0.255 e. The highest BCUT2D eigenvalue weighted by atomic mass is 32.2. The quantitative estimate of drug-likeness (QED) is 0.571. The molecule has 0 unspecified atom stereocenters. The Bertz CT molecular complexity index is 1030. The summed E-state index contributed by atoms with van der Waals surface area (Å²) in [5.74, 6) is 0.710. The zero-order chi connectivity index (χ0) is 20.9. The van der Waals surface area contributed by atoms with Gasteiger partial charge in [0, 0.05) is 46.9 Å². The summed E-state index contributed by atoms with van der Waals surface area (Å²) in [6.07, 6.45) is 0. The van der Waals surface area contributed by atoms with E-state index in [9.17, 15) is 9.59 Å². The van der Waals surface area contributed by atoms with Crippen LogP contribution in [0.5, 0.6) is 0 Å². The van der Waals surface area contributed by atoms with E-state index in [0.717, 1.165) is 39.3 Å². The number of piperazine rings is 1. The van der Waals surface area contributed by atoms with Crippen molar-refractivity contribution >= 4 is 46.3 Å². The average Bonchev–Trinajstić information content (AvgIpc) is 3.18. The van der Waals surface area contributed by atoms with Gasteiger partial charge < -0.3 is 15.5 Å². The number of rotatable bonds is 6. The predicted octanol–water partition coefficient (Wildman–Crippen LogP) is 3.93. The number of nitrogens with zero attached hydrogens (tertiary/aromatic N) is 2. The van der Waals surface area contributed by atoms with Crippen LogP contribution in [0.15, 0.2) is 58.3 Å². The van der Waals surface area contributed by atoms with Crippen molar-refractivity contribution in [2.45, 2.75) is 17.0 Å². The lowest BCUT2D eigenvalue weighted by atomic mass is 10.1. The van der Waals surface area contributed by atoms with E-state index < -0.39 is 0 Å². The average molecular weight is 439 g/mol. The first-order valence-electron chi connectivity index (χ1n) is 9.64. The number of thiazole rings is 1. The van der Waals surface area contributed by atoms with Crippen LogP contribution in [0.1, 0.15) is 21.6 Å². The number of thioether (sulfide) groups is 1. The molecule has 1 aliphatic heterocycles. The van der Waals surface area contributed by atoms with Gasteiger partial charge in [0.15, 0.2) is 0 Å². The summed E-state index contributed by atoms with van der Waals surface area (Å²) < 4.78 is 1.06. The Morgan fingerprint density at radius 1 is 1.20 bits per heavy atom. The van der Waals surface area contributed by atoms with Crippen molar-refractivity contribution in [2.24, 2.45) is 0 Å². The highest BCUT2D eigenvalue weighted by Crippen LogP contribution is 2.26. The standard InChI is InChI=1S/C22H22N4O2S2/c1-15-13-29-22(24-15)30-14-16-2-4-17(5-3-16)21(28)25-18-6-8-19(9-7-18)26-11-10-23-20(27)12-26/h2-9,13H,10-12,14H2,1H3,(H,23,27)(H,25,28). The minimum atomic E-state index is -0.144. The van der Waals surface area contributed by atoms with Gasteiger partial charge in [-0.3, -0.25) is 9.59 Å². The number of aryl methyl sites for hydroxylation is 1. The second-order valence-electron chi connectivity index (χ2n) is 7.01. The van der Waals surface area contributed by atoms with Gasteiger partial charge in [-0.15, -0.1) is 11.3 Å². The van der Waals surface area contributed by atoms with Gasteiger partial charge >= 0.3 is 0 Å². The van der Waals surface area contributed by atoms with Crippen LogP contribution in [-0.2, 0) is 10.5 Å². The number of hydrogen-bond donors (Lipinski definition) is 2. The Morgan fingerprint density at radius 3 is 2.63 bits per heavy atom. The zero-order valence-electron chi connectivity index (χ0n) is 16.6. The third-order valence-corrected chi connectivity index (χ3v) is 6.92. The number of aromatic nitrogens is 1. The van der Waals surface area contributed by atoms with Crippen LogP contribution in [0.3, 0.4) is 0 Å². The minimum Gasteiger partial charge on any atom is -0.360 e. The van der Waals surface area contributed by atoms with Crippen LogP contribution in [0.4, 0.5) is 11.4 Å². The molecule has 0 spiro atoms. The van der Waals surface area contributed by atoms with Gasteiger partial charge in [-0.25, -0.2) is 4.98 Å². The highest BCUT2D eigenvalue weighted by molar-refractivity contribution is 8.00. The molecule has 0 saturated carbocycles. The molecular formula is C22H22N4O2S2. The molecule has 1 aromatic heterocycles. The molecule has 0 bridgehead atoms. The Hall–Kier alpha value is -2.84. The van der Waals surface area contributed by atoms with Gasteiger partial charge in [-0.2, -0.15) is 0 Å². The van der Waals surface area contributed by atoms with Crippen LogP contribution in [0, 0.1) is 6.92 Å². The van der Waals surface area contributed by atoms with E-state index in [-0.39, 0.29) is 11.8 Å². The summed E-state index contributed by atoms with van der Waals surface area (Å²) in [7, 11) is 0. The van der Waals surface area contributed by atoms with Gasteiger partial charge in [-0.05, 0) is 48.9 Å². The van der Waals surface area contributed by atoms with Crippen LogP contribution >= 0.6 is 23.1 Å². The fourth-order valence-electron chi connectivity index (χ4n) is 3.11. The van der Waals surface area contributed by atoms with E-state index in [1.807, 2.05) is 65.7 Å². The monoisotopic (exact) mass is 438 g/mol. The summed E-state index contributed by atoms with van der Waals surface area (Å²) in [5, 5.41) is 7.79. The smallest absolute Gasteiger partial charge is 0.255 e. The molecule has 1 aliphatic rings. The van der Waals surface area contributed by atoms with E-state index in [1.165, 1.54) is 0 Å². The normalized spacial score (nSPS) is 13.8. The highest BCUT2D eigenvalue weighted by Gasteiger charge is 2.16. The fraction of sp³-hybridized carbons (Fsp3) is 0.227. The molecule has 8 heteroatoms. The lowest BCUT2D eigenvalue weighted by Gasteiger charge is -2.28. The minimum absolute atomic E-state index is 0.0299. The molecular weight excluding hydrogens is 416 g/mol. The molecule has 0 atom stereocenters. The summed E-state index contributed by atoms with van der Waals surface area (Å²) in [5.41, 5.74) is 4.51. The van der Waals surface area contributed by atoms with Crippen molar-refractivity contribution in [1.82, 2.24) is 10.3 Å². The molecule has 0 aliphatic carbocycles. The Morgan fingerprint density at radius 2 is 1.97 bits per heavy atom. The molecule has 1 fully saturated rings. The van der Waals surface area contributed by atoms with Crippen molar-refractivity contribution in [3.05, 3.63) is 70.7 Å². The van der Waals surface area contributed by atoms with Gasteiger partial charge in [0.25, 0.3) is 5.91 Å². The molecule has 2 aromatic carbocycles. The summed E-state index contributed by atoms with van der Waals surface area (Å²) in [6.45, 7) is 3.78. The number of nitrogens with one attached hydrogen (secondary N) is 2. The number of carbonyl (C=O) groups is 2. The van der Waals surface area contributed by atoms with Crippen molar-refractivity contribution in [2.75, 3.05) is 29.9 Å². The van der Waals surface area contributed by atoms with Crippen LogP contribution in [-0.4, -0.2) is 36.4 Å². The van der Waals surface area contributed by atoms with Gasteiger partial charge in [0.05, 0.1) is 6.54 Å². The van der Waals surface area contributed by atoms with Crippen molar-refractivity contribution in [3.63, 3.8) is 0 Å². The van der Waals surface area contributed by atoms with E-state index >= 15 is 0 Å². The molecule has 0 radical (unpaired) electrons. The van der Waals surface area contributed by atoms with Gasteiger partial charge in [0.1, 0.15) is 4.34 Å². The lowest BCUT2D eigenvalue weighted by Crippen LogP contribution is -2.47. The van der Waals surface area contributed by atoms with E-state index in [0.29, 0.717) is 18.7 Å². The topological polar surface area (TPSA) is 74.3 Å². The SMILES string of the molecule is Cc1csc(SCc2ccc(C(=O)Nc3ccc(N4CCNC(=O)C4)cc3)cc2)n1. The maximum atomic E-state index is 12.5. The third kappa shape index (κ3) is 5.20. The summed E-state index contributed by atoms with van der Waals surface area (Å²) >= 11 is 3.36.